The molecule has 0 atom stereocenters. The van der Waals surface area contributed by atoms with Gasteiger partial charge in [0.15, 0.2) is 0 Å². The van der Waals surface area contributed by atoms with Crippen molar-refractivity contribution in [1.82, 2.24) is 5.32 Å². The molecule has 2 aromatic carbocycles. The monoisotopic (exact) mass is 303 g/mol. The van der Waals surface area contributed by atoms with Gasteiger partial charge in [-0.25, -0.2) is 0 Å². The van der Waals surface area contributed by atoms with Gasteiger partial charge < -0.3 is 10.1 Å². The van der Waals surface area contributed by atoms with Gasteiger partial charge in [-0.3, -0.25) is 0 Å². The Morgan fingerprint density at radius 1 is 0.857 bits per heavy atom. The Morgan fingerprint density at radius 2 is 1.38 bits per heavy atom. The first-order valence-electron chi connectivity index (χ1n) is 7.38. The number of ether oxygens (including phenoxy) is 1. The van der Waals surface area contributed by atoms with Gasteiger partial charge in [0.05, 0.1) is 13.2 Å². The van der Waals surface area contributed by atoms with E-state index >= 15 is 0 Å². The molecule has 0 amide bonds. The number of likely N-dealkylation sites (N-methyl/N-ethyl adjacent to an activating group) is 1. The van der Waals surface area contributed by atoms with Gasteiger partial charge >= 0.3 is 0 Å². The van der Waals surface area contributed by atoms with E-state index in [-0.39, 0.29) is 0 Å². The normalized spacial score (nSPS) is 10.8. The molecule has 0 spiro atoms. The maximum Gasteiger partial charge on any atom is 0.0721 e. The molecule has 0 unspecified atom stereocenters. The number of benzene rings is 2. The molecular weight excluding hydrogens is 282 g/mol. The van der Waals surface area contributed by atoms with Crippen LogP contribution in [0.15, 0.2) is 48.5 Å². The minimum Gasteiger partial charge on any atom is -0.372 e. The van der Waals surface area contributed by atoms with E-state index in [9.17, 15) is 0 Å². The SMILES string of the molecule is CCNCCc1ccc(COCc2ccc(Cl)cc2)cc1. The molecule has 0 fully saturated rings. The van der Waals surface area contributed by atoms with Crippen molar-refractivity contribution < 1.29 is 4.74 Å². The minimum atomic E-state index is 0.610. The number of halogens is 1. The summed E-state index contributed by atoms with van der Waals surface area (Å²) in [6, 6.07) is 16.4. The fourth-order valence-corrected chi connectivity index (χ4v) is 2.21. The zero-order chi connectivity index (χ0) is 14.9. The Bertz CT molecular complexity index is 522. The Balaban J connectivity index is 1.74. The summed E-state index contributed by atoms with van der Waals surface area (Å²) < 4.78 is 5.73. The molecule has 112 valence electrons. The summed E-state index contributed by atoms with van der Waals surface area (Å²) in [7, 11) is 0. The van der Waals surface area contributed by atoms with Crippen LogP contribution in [0.25, 0.3) is 0 Å². The highest BCUT2D eigenvalue weighted by Gasteiger charge is 1.97. The van der Waals surface area contributed by atoms with Crippen molar-refractivity contribution in [3.63, 3.8) is 0 Å². The summed E-state index contributed by atoms with van der Waals surface area (Å²) in [5.74, 6) is 0. The molecule has 2 rings (SSSR count). The maximum absolute atomic E-state index is 5.86. The molecule has 0 heterocycles. The summed E-state index contributed by atoms with van der Waals surface area (Å²) in [5.41, 5.74) is 3.70. The van der Waals surface area contributed by atoms with Crippen molar-refractivity contribution in [3.05, 3.63) is 70.2 Å². The Labute approximate surface area is 132 Å². The minimum absolute atomic E-state index is 0.610. The lowest BCUT2D eigenvalue weighted by atomic mass is 10.1. The third-order valence-electron chi connectivity index (χ3n) is 3.31. The Morgan fingerprint density at radius 3 is 1.95 bits per heavy atom. The molecule has 2 nitrogen and oxygen atoms in total. The Hall–Kier alpha value is -1.35. The maximum atomic E-state index is 5.86. The van der Waals surface area contributed by atoms with Gasteiger partial charge in [-0.15, -0.1) is 0 Å². The van der Waals surface area contributed by atoms with Crippen molar-refractivity contribution in [2.45, 2.75) is 26.6 Å². The number of rotatable bonds is 8. The van der Waals surface area contributed by atoms with Crippen molar-refractivity contribution in [2.75, 3.05) is 13.1 Å². The third kappa shape index (κ3) is 5.88. The second kappa shape index (κ2) is 8.83. The molecule has 0 saturated heterocycles. The second-order valence-electron chi connectivity index (χ2n) is 5.04. The molecule has 0 saturated carbocycles. The first kappa shape index (κ1) is 16.0. The predicted molar refractivity (Wildman–Crippen MR) is 88.6 cm³/mol. The van der Waals surface area contributed by atoms with Gasteiger partial charge in [0.1, 0.15) is 0 Å². The van der Waals surface area contributed by atoms with E-state index in [4.69, 9.17) is 16.3 Å². The Kier molecular flexibility index (Phi) is 6.74. The van der Waals surface area contributed by atoms with Crippen LogP contribution in [0.1, 0.15) is 23.6 Å². The van der Waals surface area contributed by atoms with Gasteiger partial charge in [0.2, 0.25) is 0 Å². The molecule has 0 aliphatic heterocycles. The average Bonchev–Trinajstić information content (AvgIpc) is 2.51. The van der Waals surface area contributed by atoms with Crippen molar-refractivity contribution in [1.29, 1.82) is 0 Å². The van der Waals surface area contributed by atoms with Gasteiger partial charge in [-0.05, 0) is 48.3 Å². The highest BCUT2D eigenvalue weighted by atomic mass is 35.5. The summed E-state index contributed by atoms with van der Waals surface area (Å²) in [6.07, 6.45) is 1.07. The predicted octanol–water partition coefficient (Wildman–Crippen LogP) is 4.21. The van der Waals surface area contributed by atoms with Crippen LogP contribution in [0.5, 0.6) is 0 Å². The van der Waals surface area contributed by atoms with Crippen LogP contribution in [0.3, 0.4) is 0 Å². The van der Waals surface area contributed by atoms with Crippen LogP contribution < -0.4 is 5.32 Å². The van der Waals surface area contributed by atoms with Crippen LogP contribution in [0.4, 0.5) is 0 Å². The summed E-state index contributed by atoms with van der Waals surface area (Å²) in [4.78, 5) is 0. The number of hydrogen-bond donors (Lipinski definition) is 1. The molecule has 0 aliphatic carbocycles. The number of hydrogen-bond acceptors (Lipinski definition) is 2. The molecule has 0 radical (unpaired) electrons. The highest BCUT2D eigenvalue weighted by Crippen LogP contribution is 2.12. The van der Waals surface area contributed by atoms with Gasteiger partial charge in [-0.2, -0.15) is 0 Å². The van der Waals surface area contributed by atoms with E-state index in [1.807, 2.05) is 24.3 Å². The lowest BCUT2D eigenvalue weighted by Gasteiger charge is -2.07. The van der Waals surface area contributed by atoms with Crippen LogP contribution >= 0.6 is 11.6 Å². The van der Waals surface area contributed by atoms with Crippen molar-refractivity contribution in [3.8, 4) is 0 Å². The van der Waals surface area contributed by atoms with Crippen molar-refractivity contribution >= 4 is 11.6 Å². The summed E-state index contributed by atoms with van der Waals surface area (Å²) in [6.45, 7) is 5.43. The topological polar surface area (TPSA) is 21.3 Å². The second-order valence-corrected chi connectivity index (χ2v) is 5.48. The summed E-state index contributed by atoms with van der Waals surface area (Å²) >= 11 is 5.86. The van der Waals surface area contributed by atoms with E-state index in [2.05, 4.69) is 36.5 Å². The van der Waals surface area contributed by atoms with E-state index in [0.29, 0.717) is 13.2 Å². The van der Waals surface area contributed by atoms with E-state index < -0.39 is 0 Å². The smallest absolute Gasteiger partial charge is 0.0721 e. The lowest BCUT2D eigenvalue weighted by molar-refractivity contribution is 0.107. The zero-order valence-corrected chi connectivity index (χ0v) is 13.2. The molecular formula is C18H22ClNO. The van der Waals surface area contributed by atoms with E-state index in [0.717, 1.165) is 30.1 Å². The molecule has 3 heteroatoms. The summed E-state index contributed by atoms with van der Waals surface area (Å²) in [5, 5.41) is 4.09. The molecule has 0 bridgehead atoms. The van der Waals surface area contributed by atoms with Crippen LogP contribution in [0.2, 0.25) is 5.02 Å². The standard InChI is InChI=1S/C18H22ClNO/c1-2-20-12-11-15-3-5-16(6-4-15)13-21-14-17-7-9-18(19)10-8-17/h3-10,20H,2,11-14H2,1H3. The quantitative estimate of drug-likeness (QED) is 0.738. The largest absolute Gasteiger partial charge is 0.372 e. The van der Waals surface area contributed by atoms with E-state index in [1.54, 1.807) is 0 Å². The molecule has 21 heavy (non-hydrogen) atoms. The lowest BCUT2D eigenvalue weighted by Crippen LogP contribution is -2.15. The molecule has 0 aliphatic rings. The molecule has 1 N–H and O–H groups in total. The van der Waals surface area contributed by atoms with Gasteiger partial charge in [-0.1, -0.05) is 54.9 Å². The number of nitrogens with one attached hydrogen (secondary N) is 1. The van der Waals surface area contributed by atoms with Gasteiger partial charge in [0.25, 0.3) is 0 Å². The average molecular weight is 304 g/mol. The molecule has 0 aromatic heterocycles. The van der Waals surface area contributed by atoms with E-state index in [1.165, 1.54) is 11.1 Å². The first-order chi connectivity index (χ1) is 10.3. The third-order valence-corrected chi connectivity index (χ3v) is 3.57. The fraction of sp³-hybridized carbons (Fsp3) is 0.333. The first-order valence-corrected chi connectivity index (χ1v) is 7.76. The molecule has 2 aromatic rings. The van der Waals surface area contributed by atoms with Crippen molar-refractivity contribution in [2.24, 2.45) is 0 Å². The fourth-order valence-electron chi connectivity index (χ4n) is 2.08. The van der Waals surface area contributed by atoms with Crippen LogP contribution in [-0.2, 0) is 24.4 Å². The highest BCUT2D eigenvalue weighted by molar-refractivity contribution is 6.30. The van der Waals surface area contributed by atoms with Crippen LogP contribution in [0, 0.1) is 0 Å². The van der Waals surface area contributed by atoms with Gasteiger partial charge in [0, 0.05) is 5.02 Å². The van der Waals surface area contributed by atoms with Crippen LogP contribution in [-0.4, -0.2) is 13.1 Å². The zero-order valence-electron chi connectivity index (χ0n) is 12.4.